The summed E-state index contributed by atoms with van der Waals surface area (Å²) in [6.07, 6.45) is 10.7. The molecule has 24 heavy (non-hydrogen) atoms. The maximum Gasteiger partial charge on any atom is 0.222 e. The van der Waals surface area contributed by atoms with Crippen LogP contribution in [0.25, 0.3) is 0 Å². The Labute approximate surface area is 147 Å². The van der Waals surface area contributed by atoms with Crippen molar-refractivity contribution in [2.45, 2.75) is 84.1 Å². The Hall–Kier alpha value is -0.900. The maximum absolute atomic E-state index is 12.0. The number of hydrogen-bond donors (Lipinski definition) is 1. The summed E-state index contributed by atoms with van der Waals surface area (Å²) >= 11 is 0. The molecule has 0 aromatic heterocycles. The number of carbonyl (C=O) groups is 2. The first-order valence-electron chi connectivity index (χ1n) is 9.97. The second kappa shape index (κ2) is 10.2. The van der Waals surface area contributed by atoms with Crippen LogP contribution in [0.15, 0.2) is 0 Å². The Kier molecular flexibility index (Phi) is 8.23. The molecular formula is C20H35NO3. The average Bonchev–Trinajstić information content (AvgIpc) is 2.59. The molecule has 0 aromatic rings. The summed E-state index contributed by atoms with van der Waals surface area (Å²) in [6.45, 7) is 5.30. The number of hydrogen-bond acceptors (Lipinski definition) is 3. The zero-order chi connectivity index (χ0) is 17.4. The average molecular weight is 338 g/mol. The van der Waals surface area contributed by atoms with Gasteiger partial charge in [0.15, 0.2) is 0 Å². The Morgan fingerprint density at radius 2 is 1.67 bits per heavy atom. The van der Waals surface area contributed by atoms with E-state index in [4.69, 9.17) is 4.74 Å². The molecule has 0 radical (unpaired) electrons. The fourth-order valence-corrected chi connectivity index (χ4v) is 4.06. The van der Waals surface area contributed by atoms with E-state index < -0.39 is 0 Å². The Balaban J connectivity index is 1.54. The lowest BCUT2D eigenvalue weighted by Crippen LogP contribution is -2.39. The van der Waals surface area contributed by atoms with Crippen LogP contribution in [-0.4, -0.2) is 30.9 Å². The first kappa shape index (κ1) is 19.4. The standard InChI is InChI=1S/C20H35NO3/c1-15(2)20(23)17-8-10-18(11-9-17)21-19(22)12-13-24-14-16-6-4-3-5-7-16/h15-18H,3-14H2,1-2H3,(H,21,22). The number of nitrogens with one attached hydrogen (secondary N) is 1. The van der Waals surface area contributed by atoms with Gasteiger partial charge in [0.2, 0.25) is 5.91 Å². The zero-order valence-corrected chi connectivity index (χ0v) is 15.5. The number of amides is 1. The molecule has 0 saturated heterocycles. The highest BCUT2D eigenvalue weighted by atomic mass is 16.5. The van der Waals surface area contributed by atoms with Gasteiger partial charge >= 0.3 is 0 Å². The van der Waals surface area contributed by atoms with Crippen molar-refractivity contribution in [1.29, 1.82) is 0 Å². The van der Waals surface area contributed by atoms with Crippen molar-refractivity contribution >= 4 is 11.7 Å². The molecule has 2 aliphatic carbocycles. The van der Waals surface area contributed by atoms with Gasteiger partial charge < -0.3 is 10.1 Å². The van der Waals surface area contributed by atoms with Crippen LogP contribution in [0.4, 0.5) is 0 Å². The molecule has 0 unspecified atom stereocenters. The van der Waals surface area contributed by atoms with Crippen LogP contribution in [0, 0.1) is 17.8 Å². The van der Waals surface area contributed by atoms with Gasteiger partial charge in [0.05, 0.1) is 6.61 Å². The van der Waals surface area contributed by atoms with Crippen LogP contribution in [0.3, 0.4) is 0 Å². The van der Waals surface area contributed by atoms with Crippen molar-refractivity contribution in [3.63, 3.8) is 0 Å². The van der Waals surface area contributed by atoms with Crippen molar-refractivity contribution in [2.24, 2.45) is 17.8 Å². The molecule has 2 saturated carbocycles. The minimum atomic E-state index is 0.0947. The molecule has 138 valence electrons. The monoisotopic (exact) mass is 337 g/mol. The van der Waals surface area contributed by atoms with Crippen LogP contribution in [0.1, 0.15) is 78.1 Å². The molecule has 1 N–H and O–H groups in total. The fourth-order valence-electron chi connectivity index (χ4n) is 4.06. The summed E-state index contributed by atoms with van der Waals surface area (Å²) in [5.41, 5.74) is 0. The quantitative estimate of drug-likeness (QED) is 0.684. The minimum Gasteiger partial charge on any atom is -0.381 e. The second-order valence-electron chi connectivity index (χ2n) is 8.00. The fraction of sp³-hybridized carbons (Fsp3) is 0.900. The van der Waals surface area contributed by atoms with Crippen molar-refractivity contribution in [3.8, 4) is 0 Å². The van der Waals surface area contributed by atoms with E-state index in [1.807, 2.05) is 13.8 Å². The van der Waals surface area contributed by atoms with Gasteiger partial charge in [0.1, 0.15) is 5.78 Å². The van der Waals surface area contributed by atoms with Gasteiger partial charge in [0.25, 0.3) is 0 Å². The van der Waals surface area contributed by atoms with Crippen molar-refractivity contribution in [3.05, 3.63) is 0 Å². The number of rotatable bonds is 8. The first-order valence-corrected chi connectivity index (χ1v) is 9.97. The molecule has 4 nitrogen and oxygen atoms in total. The third-order valence-corrected chi connectivity index (χ3v) is 5.62. The summed E-state index contributed by atoms with van der Waals surface area (Å²) in [4.78, 5) is 24.1. The minimum absolute atomic E-state index is 0.0947. The normalized spacial score (nSPS) is 25.6. The lowest BCUT2D eigenvalue weighted by Gasteiger charge is -2.29. The summed E-state index contributed by atoms with van der Waals surface area (Å²) < 4.78 is 5.70. The summed E-state index contributed by atoms with van der Waals surface area (Å²) in [5.74, 6) is 1.52. The third kappa shape index (κ3) is 6.54. The second-order valence-corrected chi connectivity index (χ2v) is 8.00. The van der Waals surface area contributed by atoms with E-state index in [1.54, 1.807) is 0 Å². The van der Waals surface area contributed by atoms with Crippen LogP contribution < -0.4 is 5.32 Å². The Morgan fingerprint density at radius 1 is 1.00 bits per heavy atom. The molecule has 0 spiro atoms. The molecule has 2 fully saturated rings. The molecule has 1 amide bonds. The first-order chi connectivity index (χ1) is 11.6. The van der Waals surface area contributed by atoms with Gasteiger partial charge in [-0.05, 0) is 44.4 Å². The summed E-state index contributed by atoms with van der Waals surface area (Å²) in [7, 11) is 0. The van der Waals surface area contributed by atoms with E-state index in [0.717, 1.165) is 32.3 Å². The number of Topliss-reactive ketones (excluding diaryl/α,β-unsaturated/α-hetero) is 1. The molecule has 2 rings (SSSR count). The molecule has 0 aliphatic heterocycles. The van der Waals surface area contributed by atoms with E-state index in [-0.39, 0.29) is 23.8 Å². The van der Waals surface area contributed by atoms with E-state index in [1.165, 1.54) is 32.1 Å². The number of ketones is 1. The van der Waals surface area contributed by atoms with Gasteiger partial charge in [-0.3, -0.25) is 9.59 Å². The van der Waals surface area contributed by atoms with Gasteiger partial charge in [0, 0.05) is 30.9 Å². The molecule has 0 heterocycles. The summed E-state index contributed by atoms with van der Waals surface area (Å²) in [6, 6.07) is 0.243. The predicted octanol–water partition coefficient (Wildman–Crippen LogP) is 3.87. The van der Waals surface area contributed by atoms with E-state index >= 15 is 0 Å². The molecule has 4 heteroatoms. The van der Waals surface area contributed by atoms with Crippen LogP contribution in [0.5, 0.6) is 0 Å². The molecule has 2 aliphatic rings. The highest BCUT2D eigenvalue weighted by Crippen LogP contribution is 2.27. The van der Waals surface area contributed by atoms with Crippen LogP contribution in [0.2, 0.25) is 0 Å². The number of ether oxygens (including phenoxy) is 1. The van der Waals surface area contributed by atoms with Gasteiger partial charge in [-0.2, -0.15) is 0 Å². The number of carbonyl (C=O) groups excluding carboxylic acids is 2. The predicted molar refractivity (Wildman–Crippen MR) is 95.7 cm³/mol. The topological polar surface area (TPSA) is 55.4 Å². The van der Waals surface area contributed by atoms with Crippen LogP contribution >= 0.6 is 0 Å². The molecule has 0 bridgehead atoms. The lowest BCUT2D eigenvalue weighted by atomic mass is 9.80. The van der Waals surface area contributed by atoms with E-state index in [0.29, 0.717) is 24.7 Å². The largest absolute Gasteiger partial charge is 0.381 e. The smallest absolute Gasteiger partial charge is 0.222 e. The molecular weight excluding hydrogens is 302 g/mol. The molecule has 0 aromatic carbocycles. The van der Waals surface area contributed by atoms with Crippen LogP contribution in [-0.2, 0) is 14.3 Å². The SMILES string of the molecule is CC(C)C(=O)C1CCC(NC(=O)CCOCC2CCCCC2)CC1. The van der Waals surface area contributed by atoms with Gasteiger partial charge in [-0.25, -0.2) is 0 Å². The van der Waals surface area contributed by atoms with Crippen molar-refractivity contribution < 1.29 is 14.3 Å². The highest BCUT2D eigenvalue weighted by Gasteiger charge is 2.28. The zero-order valence-electron chi connectivity index (χ0n) is 15.5. The maximum atomic E-state index is 12.0. The van der Waals surface area contributed by atoms with E-state index in [2.05, 4.69) is 5.32 Å². The van der Waals surface area contributed by atoms with Crippen molar-refractivity contribution in [2.75, 3.05) is 13.2 Å². The summed E-state index contributed by atoms with van der Waals surface area (Å²) in [5, 5.41) is 3.12. The Bertz CT molecular complexity index is 394. The highest BCUT2D eigenvalue weighted by molar-refractivity contribution is 5.83. The molecule has 0 atom stereocenters. The van der Waals surface area contributed by atoms with E-state index in [9.17, 15) is 9.59 Å². The lowest BCUT2D eigenvalue weighted by molar-refractivity contribution is -0.127. The van der Waals surface area contributed by atoms with Crippen molar-refractivity contribution in [1.82, 2.24) is 5.32 Å². The Morgan fingerprint density at radius 3 is 2.29 bits per heavy atom. The third-order valence-electron chi connectivity index (χ3n) is 5.62. The van der Waals surface area contributed by atoms with Gasteiger partial charge in [-0.15, -0.1) is 0 Å². The van der Waals surface area contributed by atoms with Gasteiger partial charge in [-0.1, -0.05) is 33.1 Å².